The van der Waals surface area contributed by atoms with Gasteiger partial charge in [-0.05, 0) is 48.4 Å². The molecule has 0 atom stereocenters. The Morgan fingerprint density at radius 3 is 2.41 bits per heavy atom. The highest BCUT2D eigenvalue weighted by Crippen LogP contribution is 2.41. The molecule has 0 unspecified atom stereocenters. The van der Waals surface area contributed by atoms with E-state index in [-0.39, 0.29) is 17.1 Å². The van der Waals surface area contributed by atoms with Crippen LogP contribution in [0.1, 0.15) is 35.3 Å². The summed E-state index contributed by atoms with van der Waals surface area (Å²) in [5.41, 5.74) is 3.40. The molecular weight excluding hydrogens is 452 g/mol. The van der Waals surface area contributed by atoms with E-state index in [4.69, 9.17) is 16.7 Å². The zero-order valence-corrected chi connectivity index (χ0v) is 19.6. The normalized spacial score (nSPS) is 17.9. The lowest BCUT2D eigenvalue weighted by Crippen LogP contribution is -2.45. The first-order valence-electron chi connectivity index (χ1n) is 11.6. The third kappa shape index (κ3) is 4.45. The summed E-state index contributed by atoms with van der Waals surface area (Å²) < 4.78 is 1.13. The zero-order chi connectivity index (χ0) is 23.7. The Kier molecular flexibility index (Phi) is 6.15. The monoisotopic (exact) mass is 478 g/mol. The highest BCUT2D eigenvalue weighted by molar-refractivity contribution is 6.34. The standard InChI is InChI=1S/C26H27ClN4O3/c27-23-20(7-4-8-21(23)19-5-2-1-3-6-19)17-29-14-10-26(18-29)11-15-30(16-12-26)25(34)31-13-9-22(28-31)24(32)33/h1-9,13H,10-12,14-18H2,(H,32,33). The SMILES string of the molecule is O=C(O)c1ccn(C(=O)N2CCC3(CCN(Cc4cccc(-c5ccccc5)c4Cl)C3)CC2)n1. The van der Waals surface area contributed by atoms with E-state index in [0.717, 1.165) is 65.3 Å². The number of aromatic nitrogens is 2. The number of benzene rings is 2. The number of carbonyl (C=O) groups excluding carboxylic acids is 1. The topological polar surface area (TPSA) is 78.7 Å². The van der Waals surface area contributed by atoms with Crippen LogP contribution < -0.4 is 0 Å². The predicted octanol–water partition coefficient (Wildman–Crippen LogP) is 4.86. The molecule has 2 aromatic carbocycles. The summed E-state index contributed by atoms with van der Waals surface area (Å²) in [6.07, 6.45) is 4.39. The largest absolute Gasteiger partial charge is 0.476 e. The van der Waals surface area contributed by atoms with Crippen molar-refractivity contribution in [1.82, 2.24) is 19.6 Å². The number of piperidine rings is 1. The fourth-order valence-electron chi connectivity index (χ4n) is 5.22. The lowest BCUT2D eigenvalue weighted by molar-refractivity contribution is 0.0689. The van der Waals surface area contributed by atoms with Crippen molar-refractivity contribution in [3.05, 3.63) is 77.1 Å². The molecule has 2 fully saturated rings. The van der Waals surface area contributed by atoms with E-state index in [1.807, 2.05) is 18.2 Å². The number of hydrogen-bond donors (Lipinski definition) is 1. The highest BCUT2D eigenvalue weighted by Gasteiger charge is 2.41. The molecule has 2 aliphatic heterocycles. The van der Waals surface area contributed by atoms with Gasteiger partial charge < -0.3 is 10.0 Å². The van der Waals surface area contributed by atoms with Crippen LogP contribution in [0.2, 0.25) is 5.02 Å². The Bertz CT molecular complexity index is 1200. The number of carboxylic acid groups (broad SMARTS) is 1. The average molecular weight is 479 g/mol. The van der Waals surface area contributed by atoms with Gasteiger partial charge in [0, 0.05) is 37.9 Å². The molecule has 0 aliphatic carbocycles. The molecule has 3 heterocycles. The van der Waals surface area contributed by atoms with Crippen LogP contribution >= 0.6 is 11.6 Å². The minimum Gasteiger partial charge on any atom is -0.476 e. The van der Waals surface area contributed by atoms with Crippen LogP contribution in [0.3, 0.4) is 0 Å². The third-order valence-electron chi connectivity index (χ3n) is 7.17. The molecule has 2 aliphatic rings. The number of hydrogen-bond acceptors (Lipinski definition) is 4. The van der Waals surface area contributed by atoms with E-state index in [0.29, 0.717) is 13.1 Å². The second-order valence-electron chi connectivity index (χ2n) is 9.33. The Balaban J connectivity index is 1.21. The first-order chi connectivity index (χ1) is 16.4. The number of likely N-dealkylation sites (tertiary alicyclic amines) is 2. The average Bonchev–Trinajstić information content (AvgIpc) is 3.49. The molecule has 34 heavy (non-hydrogen) atoms. The number of carboxylic acids is 1. The first kappa shape index (κ1) is 22.6. The van der Waals surface area contributed by atoms with Crippen LogP contribution in [0.4, 0.5) is 4.79 Å². The van der Waals surface area contributed by atoms with Gasteiger partial charge in [-0.15, -0.1) is 0 Å². The molecule has 176 valence electrons. The predicted molar refractivity (Wildman–Crippen MR) is 130 cm³/mol. The maximum Gasteiger partial charge on any atom is 0.356 e. The minimum atomic E-state index is -1.13. The second-order valence-corrected chi connectivity index (χ2v) is 9.70. The molecule has 2 saturated heterocycles. The van der Waals surface area contributed by atoms with Gasteiger partial charge in [-0.2, -0.15) is 9.78 Å². The Morgan fingerprint density at radius 1 is 0.971 bits per heavy atom. The summed E-state index contributed by atoms with van der Waals surface area (Å²) in [4.78, 5) is 28.0. The quantitative estimate of drug-likeness (QED) is 0.579. The molecule has 0 bridgehead atoms. The smallest absolute Gasteiger partial charge is 0.356 e. The highest BCUT2D eigenvalue weighted by atomic mass is 35.5. The Labute approximate surface area is 203 Å². The maximum absolute atomic E-state index is 12.7. The van der Waals surface area contributed by atoms with Crippen molar-refractivity contribution in [3.8, 4) is 11.1 Å². The molecular formula is C26H27ClN4O3. The van der Waals surface area contributed by atoms with Crippen LogP contribution in [0, 0.1) is 5.41 Å². The summed E-state index contributed by atoms with van der Waals surface area (Å²) in [7, 11) is 0. The van der Waals surface area contributed by atoms with Crippen molar-refractivity contribution in [2.24, 2.45) is 5.41 Å². The molecule has 8 heteroatoms. The van der Waals surface area contributed by atoms with E-state index >= 15 is 0 Å². The van der Waals surface area contributed by atoms with E-state index < -0.39 is 5.97 Å². The van der Waals surface area contributed by atoms with Crippen LogP contribution in [0.25, 0.3) is 11.1 Å². The summed E-state index contributed by atoms with van der Waals surface area (Å²) in [5.74, 6) is -1.13. The van der Waals surface area contributed by atoms with Gasteiger partial charge in [0.25, 0.3) is 0 Å². The zero-order valence-electron chi connectivity index (χ0n) is 18.9. The fourth-order valence-corrected chi connectivity index (χ4v) is 5.51. The molecule has 3 aromatic rings. The lowest BCUT2D eigenvalue weighted by atomic mass is 9.78. The number of halogens is 1. The van der Waals surface area contributed by atoms with Gasteiger partial charge >= 0.3 is 12.0 Å². The van der Waals surface area contributed by atoms with Gasteiger partial charge in [0.2, 0.25) is 0 Å². The minimum absolute atomic E-state index is 0.122. The van der Waals surface area contributed by atoms with Crippen molar-refractivity contribution in [2.45, 2.75) is 25.8 Å². The van der Waals surface area contributed by atoms with Gasteiger partial charge in [-0.1, -0.05) is 60.1 Å². The summed E-state index contributed by atoms with van der Waals surface area (Å²) in [6.45, 7) is 4.13. The van der Waals surface area contributed by atoms with Gasteiger partial charge in [-0.3, -0.25) is 4.90 Å². The van der Waals surface area contributed by atoms with Crippen LogP contribution in [-0.2, 0) is 6.54 Å². The molecule has 1 aromatic heterocycles. The number of nitrogens with zero attached hydrogens (tertiary/aromatic N) is 4. The third-order valence-corrected chi connectivity index (χ3v) is 7.62. The van der Waals surface area contributed by atoms with E-state index in [1.54, 1.807) is 4.90 Å². The molecule has 7 nitrogen and oxygen atoms in total. The van der Waals surface area contributed by atoms with Crippen LogP contribution in [0.15, 0.2) is 60.8 Å². The number of rotatable bonds is 4. The molecule has 0 radical (unpaired) electrons. The van der Waals surface area contributed by atoms with Crippen molar-refractivity contribution in [1.29, 1.82) is 0 Å². The molecule has 1 N–H and O–H groups in total. The van der Waals surface area contributed by atoms with Crippen molar-refractivity contribution >= 4 is 23.6 Å². The first-order valence-corrected chi connectivity index (χ1v) is 12.0. The van der Waals surface area contributed by atoms with Gasteiger partial charge in [0.15, 0.2) is 5.69 Å². The molecule has 1 amide bonds. The van der Waals surface area contributed by atoms with Crippen molar-refractivity contribution < 1.29 is 14.7 Å². The van der Waals surface area contributed by atoms with Gasteiger partial charge in [0.1, 0.15) is 0 Å². The van der Waals surface area contributed by atoms with Crippen LogP contribution in [0.5, 0.6) is 0 Å². The van der Waals surface area contributed by atoms with Crippen molar-refractivity contribution in [3.63, 3.8) is 0 Å². The van der Waals surface area contributed by atoms with E-state index in [2.05, 4.69) is 40.3 Å². The Hall–Kier alpha value is -3.16. The van der Waals surface area contributed by atoms with Gasteiger partial charge in [-0.25, -0.2) is 9.59 Å². The number of aromatic carboxylic acids is 1. The molecule has 0 saturated carbocycles. The number of carbonyl (C=O) groups is 2. The number of amides is 1. The summed E-state index contributed by atoms with van der Waals surface area (Å²) in [5, 5.41) is 13.7. The van der Waals surface area contributed by atoms with E-state index in [1.165, 1.54) is 12.3 Å². The summed E-state index contributed by atoms with van der Waals surface area (Å²) in [6, 6.07) is 17.5. The Morgan fingerprint density at radius 2 is 1.71 bits per heavy atom. The summed E-state index contributed by atoms with van der Waals surface area (Å²) >= 11 is 6.82. The molecule has 5 rings (SSSR count). The molecule has 1 spiro atoms. The maximum atomic E-state index is 12.7. The van der Waals surface area contributed by atoms with E-state index in [9.17, 15) is 9.59 Å². The fraction of sp³-hybridized carbons (Fsp3) is 0.346. The van der Waals surface area contributed by atoms with Gasteiger partial charge in [0.05, 0.1) is 5.02 Å². The second kappa shape index (κ2) is 9.24. The lowest BCUT2D eigenvalue weighted by Gasteiger charge is -2.39. The van der Waals surface area contributed by atoms with Crippen molar-refractivity contribution in [2.75, 3.05) is 26.2 Å². The van der Waals surface area contributed by atoms with Crippen LogP contribution in [-0.4, -0.2) is 62.9 Å².